The second kappa shape index (κ2) is 7.21. The van der Waals surface area contributed by atoms with E-state index in [4.69, 9.17) is 0 Å². The van der Waals surface area contributed by atoms with Crippen LogP contribution in [0.4, 0.5) is 5.69 Å². The summed E-state index contributed by atoms with van der Waals surface area (Å²) in [5, 5.41) is 0. The van der Waals surface area contributed by atoms with Gasteiger partial charge in [-0.2, -0.15) is 0 Å². The van der Waals surface area contributed by atoms with E-state index in [-0.39, 0.29) is 5.91 Å². The fraction of sp³-hybridized carbons (Fsp3) is 0.278. The molecule has 7 heteroatoms. The number of aromatic nitrogens is 1. The number of rotatable bonds is 3. The minimum absolute atomic E-state index is 0.110. The number of carbonyl (C=O) groups excluding carboxylic acids is 3. The van der Waals surface area contributed by atoms with E-state index in [1.807, 2.05) is 0 Å². The molecule has 0 atom stereocenters. The van der Waals surface area contributed by atoms with E-state index in [9.17, 15) is 14.4 Å². The maximum atomic E-state index is 12.1. The average molecular weight is 340 g/mol. The molecule has 0 unspecified atom stereocenters. The number of piperidine rings is 1. The molecule has 2 heterocycles. The molecule has 0 radical (unpaired) electrons. The average Bonchev–Trinajstić information content (AvgIpc) is 3.06. The van der Waals surface area contributed by atoms with Crippen LogP contribution in [0.15, 0.2) is 42.6 Å². The normalized spacial score (nSPS) is 14.3. The highest BCUT2D eigenvalue weighted by Crippen LogP contribution is 2.21. The number of aryl methyl sites for hydroxylation is 1. The van der Waals surface area contributed by atoms with Crippen molar-refractivity contribution < 1.29 is 14.4 Å². The van der Waals surface area contributed by atoms with Crippen LogP contribution in [0, 0.1) is 0 Å². The van der Waals surface area contributed by atoms with Gasteiger partial charge in [-0.1, -0.05) is 0 Å². The van der Waals surface area contributed by atoms with Crippen molar-refractivity contribution in [2.75, 3.05) is 11.4 Å². The third-order valence-electron chi connectivity index (χ3n) is 4.23. The number of amides is 3. The van der Waals surface area contributed by atoms with Crippen molar-refractivity contribution >= 4 is 23.4 Å². The fourth-order valence-electron chi connectivity index (χ4n) is 2.82. The molecule has 1 aliphatic heterocycles. The molecule has 1 fully saturated rings. The lowest BCUT2D eigenvalue weighted by atomic mass is 10.1. The molecule has 0 bridgehead atoms. The molecule has 1 aliphatic rings. The Morgan fingerprint density at radius 3 is 2.36 bits per heavy atom. The van der Waals surface area contributed by atoms with Gasteiger partial charge in [0, 0.05) is 37.5 Å². The van der Waals surface area contributed by atoms with E-state index in [0.29, 0.717) is 24.2 Å². The van der Waals surface area contributed by atoms with Gasteiger partial charge in [-0.3, -0.25) is 25.2 Å². The first kappa shape index (κ1) is 16.8. The Labute approximate surface area is 145 Å². The lowest BCUT2D eigenvalue weighted by Gasteiger charge is -2.26. The Morgan fingerprint density at radius 2 is 1.72 bits per heavy atom. The molecule has 3 amide bonds. The summed E-state index contributed by atoms with van der Waals surface area (Å²) in [6.07, 6.45) is 4.22. The van der Waals surface area contributed by atoms with Crippen LogP contribution in [0.5, 0.6) is 0 Å². The van der Waals surface area contributed by atoms with Gasteiger partial charge in [0.2, 0.25) is 5.91 Å². The first-order valence-corrected chi connectivity index (χ1v) is 8.19. The second-order valence-electron chi connectivity index (χ2n) is 5.96. The molecule has 7 nitrogen and oxygen atoms in total. The van der Waals surface area contributed by atoms with Crippen LogP contribution in [-0.2, 0) is 11.8 Å². The Bertz CT molecular complexity index is 795. The third-order valence-corrected chi connectivity index (χ3v) is 4.23. The van der Waals surface area contributed by atoms with E-state index in [1.54, 1.807) is 59.1 Å². The lowest BCUT2D eigenvalue weighted by Crippen LogP contribution is -2.42. The lowest BCUT2D eigenvalue weighted by molar-refractivity contribution is -0.119. The van der Waals surface area contributed by atoms with Gasteiger partial charge in [-0.25, -0.2) is 0 Å². The van der Waals surface area contributed by atoms with Gasteiger partial charge in [-0.05, 0) is 49.2 Å². The first-order chi connectivity index (χ1) is 12.1. The van der Waals surface area contributed by atoms with Gasteiger partial charge in [0.05, 0.1) is 0 Å². The zero-order valence-corrected chi connectivity index (χ0v) is 14.0. The largest absolute Gasteiger partial charge is 0.347 e. The summed E-state index contributed by atoms with van der Waals surface area (Å²) in [5.41, 5.74) is 6.41. The number of hydrazine groups is 1. The second-order valence-corrected chi connectivity index (χ2v) is 5.96. The summed E-state index contributed by atoms with van der Waals surface area (Å²) >= 11 is 0. The topological polar surface area (TPSA) is 83.4 Å². The van der Waals surface area contributed by atoms with Crippen molar-refractivity contribution in [1.29, 1.82) is 0 Å². The SMILES string of the molecule is Cn1cccc1C(=O)NNC(=O)c1ccc(N2CCCCC2=O)cc1. The van der Waals surface area contributed by atoms with Gasteiger partial charge in [0.25, 0.3) is 11.8 Å². The number of anilines is 1. The summed E-state index contributed by atoms with van der Waals surface area (Å²) in [5.74, 6) is -0.700. The van der Waals surface area contributed by atoms with E-state index < -0.39 is 11.8 Å². The van der Waals surface area contributed by atoms with Gasteiger partial charge >= 0.3 is 0 Å². The van der Waals surface area contributed by atoms with Gasteiger partial charge in [0.15, 0.2) is 0 Å². The zero-order valence-electron chi connectivity index (χ0n) is 14.0. The first-order valence-electron chi connectivity index (χ1n) is 8.19. The highest BCUT2D eigenvalue weighted by atomic mass is 16.2. The summed E-state index contributed by atoms with van der Waals surface area (Å²) < 4.78 is 1.66. The molecular weight excluding hydrogens is 320 g/mol. The summed E-state index contributed by atoms with van der Waals surface area (Å²) in [4.78, 5) is 37.8. The van der Waals surface area contributed by atoms with E-state index in [0.717, 1.165) is 18.5 Å². The predicted molar refractivity (Wildman–Crippen MR) is 93.0 cm³/mol. The molecule has 1 aromatic heterocycles. The monoisotopic (exact) mass is 340 g/mol. The van der Waals surface area contributed by atoms with Crippen LogP contribution in [0.3, 0.4) is 0 Å². The van der Waals surface area contributed by atoms with Gasteiger partial charge < -0.3 is 9.47 Å². The van der Waals surface area contributed by atoms with Crippen molar-refractivity contribution in [3.63, 3.8) is 0 Å². The zero-order chi connectivity index (χ0) is 17.8. The number of nitrogens with zero attached hydrogens (tertiary/aromatic N) is 2. The van der Waals surface area contributed by atoms with Crippen LogP contribution < -0.4 is 15.8 Å². The van der Waals surface area contributed by atoms with E-state index >= 15 is 0 Å². The quantitative estimate of drug-likeness (QED) is 0.833. The van der Waals surface area contributed by atoms with Crippen molar-refractivity contribution in [1.82, 2.24) is 15.4 Å². The third kappa shape index (κ3) is 3.71. The minimum atomic E-state index is -0.418. The molecular formula is C18H20N4O3. The molecule has 2 aromatic rings. The van der Waals surface area contributed by atoms with Gasteiger partial charge in [0.1, 0.15) is 5.69 Å². The van der Waals surface area contributed by atoms with Crippen molar-refractivity contribution in [3.8, 4) is 0 Å². The number of carbonyl (C=O) groups is 3. The predicted octanol–water partition coefficient (Wildman–Crippen LogP) is 1.62. The summed E-state index contributed by atoms with van der Waals surface area (Å²) in [7, 11) is 1.75. The highest BCUT2D eigenvalue weighted by molar-refractivity contribution is 5.99. The van der Waals surface area contributed by atoms with Crippen LogP contribution >= 0.6 is 0 Å². The van der Waals surface area contributed by atoms with E-state index in [2.05, 4.69) is 10.9 Å². The molecule has 0 spiro atoms. The van der Waals surface area contributed by atoms with Crippen LogP contribution in [0.25, 0.3) is 0 Å². The van der Waals surface area contributed by atoms with E-state index in [1.165, 1.54) is 0 Å². The number of nitrogens with one attached hydrogen (secondary N) is 2. The molecule has 3 rings (SSSR count). The molecule has 2 N–H and O–H groups in total. The smallest absolute Gasteiger partial charge is 0.286 e. The van der Waals surface area contributed by atoms with Crippen molar-refractivity contribution in [2.45, 2.75) is 19.3 Å². The Morgan fingerprint density at radius 1 is 1.00 bits per heavy atom. The van der Waals surface area contributed by atoms with Crippen LogP contribution in [-0.4, -0.2) is 28.8 Å². The molecule has 130 valence electrons. The van der Waals surface area contributed by atoms with Crippen LogP contribution in [0.2, 0.25) is 0 Å². The molecule has 1 aromatic carbocycles. The molecule has 25 heavy (non-hydrogen) atoms. The number of benzene rings is 1. The maximum Gasteiger partial charge on any atom is 0.286 e. The van der Waals surface area contributed by atoms with Gasteiger partial charge in [-0.15, -0.1) is 0 Å². The number of hydrogen-bond donors (Lipinski definition) is 2. The maximum absolute atomic E-state index is 12.1. The Hall–Kier alpha value is -3.09. The van der Waals surface area contributed by atoms with Crippen molar-refractivity contribution in [2.24, 2.45) is 7.05 Å². The minimum Gasteiger partial charge on any atom is -0.347 e. The highest BCUT2D eigenvalue weighted by Gasteiger charge is 2.19. The molecule has 0 saturated carbocycles. The number of hydrogen-bond acceptors (Lipinski definition) is 3. The Balaban J connectivity index is 1.60. The van der Waals surface area contributed by atoms with Crippen LogP contribution in [0.1, 0.15) is 40.1 Å². The standard InChI is InChI=1S/C18H20N4O3/c1-21-11-4-5-15(21)18(25)20-19-17(24)13-7-9-14(10-8-13)22-12-3-2-6-16(22)23/h4-5,7-11H,2-3,6,12H2,1H3,(H,19,24)(H,20,25). The molecule has 1 saturated heterocycles. The summed E-state index contributed by atoms with van der Waals surface area (Å²) in [6.45, 7) is 0.705. The van der Waals surface area contributed by atoms with Crippen molar-refractivity contribution in [3.05, 3.63) is 53.9 Å². The Kier molecular flexibility index (Phi) is 4.83. The summed E-state index contributed by atoms with van der Waals surface area (Å²) in [6, 6.07) is 10.2. The molecule has 0 aliphatic carbocycles. The fourth-order valence-corrected chi connectivity index (χ4v) is 2.82.